The Kier molecular flexibility index (Phi) is 6.31. The highest BCUT2D eigenvalue weighted by atomic mass is 79.9. The maximum atomic E-state index is 13.3. The largest absolute Gasteiger partial charge is 0.479 e. The number of ether oxygens (including phenoxy) is 2. The molecule has 0 aliphatic rings. The first-order chi connectivity index (χ1) is 11.5. The van der Waals surface area contributed by atoms with Gasteiger partial charge < -0.3 is 14.8 Å². The number of carbonyl (C=O) groups is 2. The number of aryl methyl sites for hydroxylation is 1. The van der Waals surface area contributed by atoms with Gasteiger partial charge in [0.05, 0.1) is 0 Å². The molecule has 2 rings (SSSR count). The zero-order valence-electron chi connectivity index (χ0n) is 12.8. The van der Waals surface area contributed by atoms with Crippen LogP contribution in [0.2, 0.25) is 0 Å². The number of amides is 1. The van der Waals surface area contributed by atoms with E-state index in [0.717, 1.165) is 10.0 Å². The number of para-hydroxylation sites is 1. The van der Waals surface area contributed by atoms with E-state index in [2.05, 4.69) is 21.2 Å². The Bertz CT molecular complexity index is 751. The van der Waals surface area contributed by atoms with Gasteiger partial charge >= 0.3 is 5.97 Å². The van der Waals surface area contributed by atoms with Crippen LogP contribution in [-0.4, -0.2) is 25.1 Å². The fourth-order valence-electron chi connectivity index (χ4n) is 1.81. The van der Waals surface area contributed by atoms with Gasteiger partial charge in [0, 0.05) is 10.2 Å². The lowest BCUT2D eigenvalue weighted by Gasteiger charge is -2.09. The molecule has 0 bridgehead atoms. The summed E-state index contributed by atoms with van der Waals surface area (Å²) < 4.78 is 24.0. The van der Waals surface area contributed by atoms with E-state index in [-0.39, 0.29) is 5.75 Å². The molecule has 1 amide bonds. The van der Waals surface area contributed by atoms with E-state index in [4.69, 9.17) is 9.47 Å². The van der Waals surface area contributed by atoms with Crippen LogP contribution in [0, 0.1) is 12.7 Å². The van der Waals surface area contributed by atoms with Gasteiger partial charge in [0.2, 0.25) is 0 Å². The summed E-state index contributed by atoms with van der Waals surface area (Å²) in [6.45, 7) is 0.958. The molecule has 0 heterocycles. The Hall–Kier alpha value is -2.41. The number of esters is 1. The molecule has 0 unspecified atom stereocenters. The van der Waals surface area contributed by atoms with Gasteiger partial charge in [0.25, 0.3) is 5.91 Å². The predicted octanol–water partition coefficient (Wildman–Crippen LogP) is 3.46. The number of carbonyl (C=O) groups excluding carboxylic acids is 2. The molecule has 2 aromatic carbocycles. The van der Waals surface area contributed by atoms with Crippen LogP contribution < -0.4 is 10.1 Å². The standard InChI is InChI=1S/C17H15BrFNO4/c1-11-8-12(6-7-13(11)18)20-16(21)9-24-17(22)10-23-15-5-3-2-4-14(15)19/h2-8H,9-10H2,1H3,(H,20,21). The summed E-state index contributed by atoms with van der Waals surface area (Å²) in [4.78, 5) is 23.3. The Morgan fingerprint density at radius 3 is 2.62 bits per heavy atom. The van der Waals surface area contributed by atoms with Crippen molar-refractivity contribution >= 4 is 33.5 Å². The molecular formula is C17H15BrFNO4. The summed E-state index contributed by atoms with van der Waals surface area (Å²) in [7, 11) is 0. The number of benzene rings is 2. The molecule has 0 aromatic heterocycles. The number of rotatable bonds is 6. The molecule has 0 spiro atoms. The molecular weight excluding hydrogens is 381 g/mol. The molecule has 1 N–H and O–H groups in total. The summed E-state index contributed by atoms with van der Waals surface area (Å²) >= 11 is 3.36. The lowest BCUT2D eigenvalue weighted by Crippen LogP contribution is -2.23. The van der Waals surface area contributed by atoms with Crippen LogP contribution in [0.3, 0.4) is 0 Å². The summed E-state index contributed by atoms with van der Waals surface area (Å²) in [5.74, 6) is -1.87. The lowest BCUT2D eigenvalue weighted by atomic mass is 10.2. The molecule has 2 aromatic rings. The quantitative estimate of drug-likeness (QED) is 0.760. The van der Waals surface area contributed by atoms with Gasteiger partial charge in [-0.05, 0) is 42.8 Å². The van der Waals surface area contributed by atoms with Crippen molar-refractivity contribution in [1.29, 1.82) is 0 Å². The molecule has 0 fully saturated rings. The van der Waals surface area contributed by atoms with E-state index in [9.17, 15) is 14.0 Å². The maximum Gasteiger partial charge on any atom is 0.344 e. The first-order valence-corrected chi connectivity index (χ1v) is 7.84. The van der Waals surface area contributed by atoms with Crippen LogP contribution in [0.4, 0.5) is 10.1 Å². The van der Waals surface area contributed by atoms with Gasteiger partial charge in [0.1, 0.15) is 0 Å². The number of hydrogen-bond donors (Lipinski definition) is 1. The normalized spacial score (nSPS) is 10.1. The lowest BCUT2D eigenvalue weighted by molar-refractivity contribution is -0.149. The second-order valence-electron chi connectivity index (χ2n) is 4.89. The van der Waals surface area contributed by atoms with Crippen molar-refractivity contribution in [2.45, 2.75) is 6.92 Å². The highest BCUT2D eigenvalue weighted by Crippen LogP contribution is 2.20. The minimum absolute atomic E-state index is 0.0516. The molecule has 0 aliphatic carbocycles. The maximum absolute atomic E-state index is 13.3. The van der Waals surface area contributed by atoms with Crippen LogP contribution in [0.15, 0.2) is 46.9 Å². The third kappa shape index (κ3) is 5.34. The summed E-state index contributed by atoms with van der Waals surface area (Å²) in [5, 5.41) is 2.61. The van der Waals surface area contributed by atoms with Gasteiger partial charge in [-0.3, -0.25) is 4.79 Å². The first kappa shape index (κ1) is 17.9. The smallest absolute Gasteiger partial charge is 0.344 e. The highest BCUT2D eigenvalue weighted by Gasteiger charge is 2.10. The zero-order valence-corrected chi connectivity index (χ0v) is 14.4. The van der Waals surface area contributed by atoms with Crippen molar-refractivity contribution in [3.63, 3.8) is 0 Å². The second kappa shape index (κ2) is 8.44. The van der Waals surface area contributed by atoms with E-state index in [1.807, 2.05) is 6.92 Å². The molecule has 5 nitrogen and oxygen atoms in total. The minimum atomic E-state index is -0.764. The van der Waals surface area contributed by atoms with Gasteiger partial charge in [0.15, 0.2) is 24.8 Å². The molecule has 0 atom stereocenters. The van der Waals surface area contributed by atoms with Crippen LogP contribution in [-0.2, 0) is 14.3 Å². The van der Waals surface area contributed by atoms with Crippen molar-refractivity contribution in [2.24, 2.45) is 0 Å². The molecule has 0 saturated heterocycles. The van der Waals surface area contributed by atoms with E-state index >= 15 is 0 Å². The van der Waals surface area contributed by atoms with E-state index in [1.165, 1.54) is 18.2 Å². The van der Waals surface area contributed by atoms with E-state index in [1.54, 1.807) is 24.3 Å². The number of halogens is 2. The fraction of sp³-hybridized carbons (Fsp3) is 0.176. The summed E-state index contributed by atoms with van der Waals surface area (Å²) in [6.07, 6.45) is 0. The Morgan fingerprint density at radius 2 is 1.92 bits per heavy atom. The van der Waals surface area contributed by atoms with Gasteiger partial charge in [-0.2, -0.15) is 0 Å². The average Bonchev–Trinajstić information content (AvgIpc) is 2.55. The monoisotopic (exact) mass is 395 g/mol. The number of nitrogens with one attached hydrogen (secondary N) is 1. The SMILES string of the molecule is Cc1cc(NC(=O)COC(=O)COc2ccccc2F)ccc1Br. The first-order valence-electron chi connectivity index (χ1n) is 7.04. The fourth-order valence-corrected chi connectivity index (χ4v) is 2.05. The molecule has 126 valence electrons. The molecule has 24 heavy (non-hydrogen) atoms. The summed E-state index contributed by atoms with van der Waals surface area (Å²) in [6, 6.07) is 11.0. The van der Waals surface area contributed by atoms with Crippen LogP contribution in [0.5, 0.6) is 5.75 Å². The highest BCUT2D eigenvalue weighted by molar-refractivity contribution is 9.10. The van der Waals surface area contributed by atoms with Crippen molar-refractivity contribution < 1.29 is 23.5 Å². The Morgan fingerprint density at radius 1 is 1.17 bits per heavy atom. The molecule has 7 heteroatoms. The molecule has 0 radical (unpaired) electrons. The van der Waals surface area contributed by atoms with Crippen molar-refractivity contribution in [1.82, 2.24) is 0 Å². The van der Waals surface area contributed by atoms with Gasteiger partial charge in [-0.1, -0.05) is 28.1 Å². The van der Waals surface area contributed by atoms with Gasteiger partial charge in [-0.15, -0.1) is 0 Å². The van der Waals surface area contributed by atoms with Crippen molar-refractivity contribution in [2.75, 3.05) is 18.5 Å². The number of hydrogen-bond acceptors (Lipinski definition) is 4. The Labute approximate surface area is 146 Å². The number of anilines is 1. The zero-order chi connectivity index (χ0) is 17.5. The molecule has 0 aliphatic heterocycles. The topological polar surface area (TPSA) is 64.6 Å². The Balaban J connectivity index is 1.76. The second-order valence-corrected chi connectivity index (χ2v) is 5.75. The van der Waals surface area contributed by atoms with Crippen molar-refractivity contribution in [3.05, 3.63) is 58.3 Å². The minimum Gasteiger partial charge on any atom is -0.479 e. The van der Waals surface area contributed by atoms with Crippen LogP contribution in [0.1, 0.15) is 5.56 Å². The van der Waals surface area contributed by atoms with Crippen molar-refractivity contribution in [3.8, 4) is 5.75 Å². The van der Waals surface area contributed by atoms with E-state index in [0.29, 0.717) is 5.69 Å². The third-order valence-corrected chi connectivity index (χ3v) is 3.88. The summed E-state index contributed by atoms with van der Waals surface area (Å²) in [5.41, 5.74) is 1.56. The van der Waals surface area contributed by atoms with E-state index < -0.39 is 30.9 Å². The third-order valence-electron chi connectivity index (χ3n) is 2.99. The predicted molar refractivity (Wildman–Crippen MR) is 90.4 cm³/mol. The van der Waals surface area contributed by atoms with Crippen LogP contribution >= 0.6 is 15.9 Å². The van der Waals surface area contributed by atoms with Crippen LogP contribution in [0.25, 0.3) is 0 Å². The van der Waals surface area contributed by atoms with Gasteiger partial charge in [-0.25, -0.2) is 9.18 Å². The average molecular weight is 396 g/mol. The molecule has 0 saturated carbocycles.